The monoisotopic (exact) mass is 444 g/mol. The Morgan fingerprint density at radius 3 is 2.00 bits per heavy atom. The second-order valence-electron chi connectivity index (χ2n) is 9.36. The van der Waals surface area contributed by atoms with E-state index >= 15 is 0 Å². The maximum Gasteiger partial charge on any atom is 0.136 e. The zero-order chi connectivity index (χ0) is 22.9. The molecule has 0 radical (unpaired) electrons. The van der Waals surface area contributed by atoms with E-state index in [2.05, 4.69) is 121 Å². The molecule has 8 rings (SSSR count). The normalized spacial score (nSPS) is 12.0. The van der Waals surface area contributed by atoms with Crippen molar-refractivity contribution in [3.05, 3.63) is 121 Å². The van der Waals surface area contributed by atoms with Gasteiger partial charge in [-0.3, -0.25) is 0 Å². The lowest BCUT2D eigenvalue weighted by atomic mass is 9.93. The van der Waals surface area contributed by atoms with Gasteiger partial charge in [0.2, 0.25) is 0 Å². The van der Waals surface area contributed by atoms with Crippen LogP contribution in [0.5, 0.6) is 0 Å². The minimum absolute atomic E-state index is 0.929. The summed E-state index contributed by atoms with van der Waals surface area (Å²) < 4.78 is 6.32. The number of furan rings is 1. The van der Waals surface area contributed by atoms with Gasteiger partial charge in [0.05, 0.1) is 0 Å². The van der Waals surface area contributed by atoms with Crippen molar-refractivity contribution < 1.29 is 4.42 Å². The summed E-state index contributed by atoms with van der Waals surface area (Å²) in [7, 11) is 0. The molecule has 1 aromatic heterocycles. The largest absolute Gasteiger partial charge is 0.456 e. The molecule has 1 heterocycles. The molecule has 0 unspecified atom stereocenters. The fraction of sp³-hybridized carbons (Fsp3) is 0. The van der Waals surface area contributed by atoms with Gasteiger partial charge in [0, 0.05) is 10.8 Å². The molecule has 0 amide bonds. The Morgan fingerprint density at radius 1 is 0.371 bits per heavy atom. The molecule has 8 aromatic rings. The van der Waals surface area contributed by atoms with Crippen LogP contribution >= 0.6 is 0 Å². The lowest BCUT2D eigenvalue weighted by Crippen LogP contribution is -1.83. The lowest BCUT2D eigenvalue weighted by molar-refractivity contribution is 0.669. The van der Waals surface area contributed by atoms with Crippen molar-refractivity contribution in [3.63, 3.8) is 0 Å². The Kier molecular flexibility index (Phi) is 3.72. The smallest absolute Gasteiger partial charge is 0.136 e. The average Bonchev–Trinajstić information content (AvgIpc) is 3.31. The van der Waals surface area contributed by atoms with Gasteiger partial charge in [0.25, 0.3) is 0 Å². The van der Waals surface area contributed by atoms with Crippen molar-refractivity contribution in [1.82, 2.24) is 0 Å². The van der Waals surface area contributed by atoms with Crippen LogP contribution in [0.25, 0.3) is 76.2 Å². The predicted octanol–water partition coefficient (Wildman–Crippen LogP) is 9.87. The Bertz CT molecular complexity index is 2110. The average molecular weight is 445 g/mol. The van der Waals surface area contributed by atoms with Crippen LogP contribution in [0.15, 0.2) is 126 Å². The minimum atomic E-state index is 0.929. The van der Waals surface area contributed by atoms with Gasteiger partial charge >= 0.3 is 0 Å². The molecule has 7 aromatic carbocycles. The van der Waals surface area contributed by atoms with Gasteiger partial charge in [-0.25, -0.2) is 0 Å². The molecule has 0 N–H and O–H groups in total. The topological polar surface area (TPSA) is 13.1 Å². The number of hydrogen-bond donors (Lipinski definition) is 0. The molecular formula is C34H20O. The van der Waals surface area contributed by atoms with Crippen LogP contribution in [0.2, 0.25) is 0 Å². The zero-order valence-corrected chi connectivity index (χ0v) is 19.0. The van der Waals surface area contributed by atoms with E-state index in [0.717, 1.165) is 11.2 Å². The second-order valence-corrected chi connectivity index (χ2v) is 9.36. The highest BCUT2D eigenvalue weighted by Gasteiger charge is 2.15. The first-order valence-electron chi connectivity index (χ1n) is 12.0. The van der Waals surface area contributed by atoms with Crippen LogP contribution in [0.4, 0.5) is 0 Å². The van der Waals surface area contributed by atoms with Crippen molar-refractivity contribution in [2.45, 2.75) is 0 Å². The van der Waals surface area contributed by atoms with Crippen LogP contribution in [0.3, 0.4) is 0 Å². The van der Waals surface area contributed by atoms with E-state index in [4.69, 9.17) is 4.42 Å². The third kappa shape index (κ3) is 2.70. The van der Waals surface area contributed by atoms with E-state index in [0.29, 0.717) is 0 Å². The molecule has 0 saturated heterocycles. The van der Waals surface area contributed by atoms with Crippen LogP contribution in [0, 0.1) is 0 Å². The van der Waals surface area contributed by atoms with Crippen molar-refractivity contribution >= 4 is 65.0 Å². The standard InChI is InChI=1S/C34H20O/c1-3-8-27-21(6-1)12-14-25-18-23-13-15-24(19-26(23)20-30(25)27)29-10-5-11-31-34(29)33-28-9-4-2-7-22(28)16-17-32(33)35-31/h1-20H. The van der Waals surface area contributed by atoms with Gasteiger partial charge in [0.1, 0.15) is 11.2 Å². The molecule has 0 saturated carbocycles. The first kappa shape index (κ1) is 18.8. The maximum absolute atomic E-state index is 6.32. The molecule has 1 nitrogen and oxygen atoms in total. The van der Waals surface area contributed by atoms with Gasteiger partial charge in [-0.2, -0.15) is 0 Å². The predicted molar refractivity (Wildman–Crippen MR) is 149 cm³/mol. The van der Waals surface area contributed by atoms with E-state index in [1.165, 1.54) is 65.0 Å². The third-order valence-corrected chi connectivity index (χ3v) is 7.40. The summed E-state index contributed by atoms with van der Waals surface area (Å²) in [5, 5.41) is 12.5. The van der Waals surface area contributed by atoms with Crippen molar-refractivity contribution in [2.24, 2.45) is 0 Å². The Labute approximate surface area is 201 Å². The highest BCUT2D eigenvalue weighted by atomic mass is 16.3. The lowest BCUT2D eigenvalue weighted by Gasteiger charge is -2.09. The van der Waals surface area contributed by atoms with Gasteiger partial charge < -0.3 is 4.42 Å². The van der Waals surface area contributed by atoms with Crippen molar-refractivity contribution in [2.75, 3.05) is 0 Å². The summed E-state index contributed by atoms with van der Waals surface area (Å²) in [5.74, 6) is 0. The zero-order valence-electron chi connectivity index (χ0n) is 19.0. The van der Waals surface area contributed by atoms with Crippen molar-refractivity contribution in [3.8, 4) is 11.1 Å². The van der Waals surface area contributed by atoms with E-state index in [9.17, 15) is 0 Å². The van der Waals surface area contributed by atoms with Crippen molar-refractivity contribution in [1.29, 1.82) is 0 Å². The van der Waals surface area contributed by atoms with Gasteiger partial charge in [-0.05, 0) is 84.5 Å². The SMILES string of the molecule is c1ccc2c(c1)ccc1cc3ccc(-c4cccc5oc6ccc7ccccc7c6c45)cc3cc12. The quantitative estimate of drug-likeness (QED) is 0.181. The molecule has 162 valence electrons. The van der Waals surface area contributed by atoms with Crippen LogP contribution in [0.1, 0.15) is 0 Å². The number of fused-ring (bicyclic) bond motifs is 9. The van der Waals surface area contributed by atoms with E-state index in [1.807, 2.05) is 0 Å². The van der Waals surface area contributed by atoms with E-state index in [1.54, 1.807) is 0 Å². The van der Waals surface area contributed by atoms with E-state index in [-0.39, 0.29) is 0 Å². The molecule has 0 aliphatic heterocycles. The fourth-order valence-corrected chi connectivity index (χ4v) is 5.75. The maximum atomic E-state index is 6.32. The van der Waals surface area contributed by atoms with Gasteiger partial charge in [-0.15, -0.1) is 0 Å². The molecule has 0 fully saturated rings. The molecule has 0 aliphatic rings. The first-order valence-corrected chi connectivity index (χ1v) is 12.0. The summed E-state index contributed by atoms with van der Waals surface area (Å²) in [5.41, 5.74) is 4.28. The summed E-state index contributed by atoms with van der Waals surface area (Å²) in [6, 6.07) is 43.7. The summed E-state index contributed by atoms with van der Waals surface area (Å²) in [6.07, 6.45) is 0. The Morgan fingerprint density at radius 2 is 1.09 bits per heavy atom. The number of hydrogen-bond acceptors (Lipinski definition) is 1. The molecular weight excluding hydrogens is 424 g/mol. The van der Waals surface area contributed by atoms with Crippen LogP contribution in [-0.4, -0.2) is 0 Å². The molecule has 0 bridgehead atoms. The molecule has 0 aliphatic carbocycles. The Balaban J connectivity index is 1.44. The second kappa shape index (κ2) is 6.94. The van der Waals surface area contributed by atoms with Gasteiger partial charge in [0.15, 0.2) is 0 Å². The van der Waals surface area contributed by atoms with E-state index < -0.39 is 0 Å². The third-order valence-electron chi connectivity index (χ3n) is 7.40. The van der Waals surface area contributed by atoms with Gasteiger partial charge in [-0.1, -0.05) is 91.0 Å². The number of rotatable bonds is 1. The molecule has 35 heavy (non-hydrogen) atoms. The molecule has 1 heteroatoms. The first-order chi connectivity index (χ1) is 17.3. The fourth-order valence-electron chi connectivity index (χ4n) is 5.75. The summed E-state index contributed by atoms with van der Waals surface area (Å²) in [6.45, 7) is 0. The molecule has 0 spiro atoms. The number of benzene rings is 7. The highest BCUT2D eigenvalue weighted by molar-refractivity contribution is 6.23. The minimum Gasteiger partial charge on any atom is -0.456 e. The summed E-state index contributed by atoms with van der Waals surface area (Å²) in [4.78, 5) is 0. The molecule has 0 atom stereocenters. The Hall–Kier alpha value is -4.62. The summed E-state index contributed by atoms with van der Waals surface area (Å²) >= 11 is 0. The van der Waals surface area contributed by atoms with Crippen LogP contribution in [-0.2, 0) is 0 Å². The van der Waals surface area contributed by atoms with Crippen LogP contribution < -0.4 is 0 Å². The highest BCUT2D eigenvalue weighted by Crippen LogP contribution is 2.41.